The molecule has 0 aromatic carbocycles. The Morgan fingerprint density at radius 2 is 1.72 bits per heavy atom. The third kappa shape index (κ3) is 4.81. The first-order valence-corrected chi connectivity index (χ1v) is 6.98. The minimum atomic E-state index is -2.57. The van der Waals surface area contributed by atoms with Gasteiger partial charge >= 0.3 is 0 Å². The van der Waals surface area contributed by atoms with Crippen molar-refractivity contribution in [1.29, 1.82) is 0 Å². The molecular formula is C14H26F2O2. The van der Waals surface area contributed by atoms with Crippen molar-refractivity contribution in [3.8, 4) is 0 Å². The summed E-state index contributed by atoms with van der Waals surface area (Å²) in [5.41, 5.74) is 0. The highest BCUT2D eigenvalue weighted by Crippen LogP contribution is 2.30. The molecule has 1 saturated carbocycles. The Labute approximate surface area is 109 Å². The number of hydrogen-bond donors (Lipinski definition) is 0. The van der Waals surface area contributed by atoms with E-state index in [0.29, 0.717) is 13.0 Å². The molecule has 0 radical (unpaired) electrons. The molecule has 0 aromatic rings. The highest BCUT2D eigenvalue weighted by molar-refractivity contribution is 4.83. The van der Waals surface area contributed by atoms with Gasteiger partial charge in [0, 0.05) is 18.9 Å². The van der Waals surface area contributed by atoms with Crippen molar-refractivity contribution in [3.63, 3.8) is 0 Å². The minimum Gasteiger partial charge on any atom is -0.376 e. The summed E-state index contributed by atoms with van der Waals surface area (Å²) < 4.78 is 37.9. The zero-order valence-corrected chi connectivity index (χ0v) is 11.9. The second-order valence-corrected chi connectivity index (χ2v) is 5.73. The molecular weight excluding hydrogens is 238 g/mol. The van der Waals surface area contributed by atoms with Crippen molar-refractivity contribution in [2.45, 2.75) is 77.6 Å². The van der Waals surface area contributed by atoms with Crippen molar-refractivity contribution in [3.05, 3.63) is 0 Å². The maximum Gasteiger partial charge on any atom is 0.250 e. The van der Waals surface area contributed by atoms with Gasteiger partial charge in [0.2, 0.25) is 0 Å². The third-order valence-electron chi connectivity index (χ3n) is 3.43. The Bertz CT molecular complexity index is 242. The fourth-order valence-corrected chi connectivity index (χ4v) is 1.97. The first kappa shape index (κ1) is 15.8. The van der Waals surface area contributed by atoms with Gasteiger partial charge in [0.1, 0.15) is 0 Å². The van der Waals surface area contributed by atoms with Gasteiger partial charge in [-0.15, -0.1) is 0 Å². The van der Waals surface area contributed by atoms with E-state index in [1.165, 1.54) is 0 Å². The van der Waals surface area contributed by atoms with E-state index in [9.17, 15) is 8.78 Å². The van der Waals surface area contributed by atoms with Crippen molar-refractivity contribution >= 4 is 0 Å². The molecule has 0 saturated heterocycles. The molecule has 0 amide bonds. The SMILES string of the molecule is CC(C)OC1CCC1OCCCC(F)(F)C(C)C. The molecule has 1 rings (SSSR count). The Morgan fingerprint density at radius 1 is 1.11 bits per heavy atom. The summed E-state index contributed by atoms with van der Waals surface area (Å²) in [5, 5.41) is 0. The normalized spacial score (nSPS) is 24.7. The third-order valence-corrected chi connectivity index (χ3v) is 3.43. The largest absolute Gasteiger partial charge is 0.376 e. The molecule has 0 heterocycles. The molecule has 0 bridgehead atoms. The van der Waals surface area contributed by atoms with E-state index in [0.717, 1.165) is 12.8 Å². The number of ether oxygens (including phenoxy) is 2. The highest BCUT2D eigenvalue weighted by atomic mass is 19.3. The van der Waals surface area contributed by atoms with Crippen LogP contribution in [-0.4, -0.2) is 30.8 Å². The van der Waals surface area contributed by atoms with E-state index in [-0.39, 0.29) is 24.7 Å². The molecule has 18 heavy (non-hydrogen) atoms. The number of hydrogen-bond acceptors (Lipinski definition) is 2. The van der Waals surface area contributed by atoms with Crippen LogP contribution in [-0.2, 0) is 9.47 Å². The van der Waals surface area contributed by atoms with Gasteiger partial charge in [-0.2, -0.15) is 0 Å². The molecule has 0 N–H and O–H groups in total. The van der Waals surface area contributed by atoms with Crippen LogP contribution in [0.1, 0.15) is 53.4 Å². The van der Waals surface area contributed by atoms with Crippen LogP contribution in [0.4, 0.5) is 8.78 Å². The number of rotatable bonds is 8. The Hall–Kier alpha value is -0.220. The first-order chi connectivity index (χ1) is 8.33. The summed E-state index contributed by atoms with van der Waals surface area (Å²) >= 11 is 0. The lowest BCUT2D eigenvalue weighted by Gasteiger charge is -2.37. The molecule has 0 aromatic heterocycles. The second kappa shape index (κ2) is 6.80. The minimum absolute atomic E-state index is 0.0902. The van der Waals surface area contributed by atoms with Crippen LogP contribution in [0.25, 0.3) is 0 Å². The van der Waals surface area contributed by atoms with Gasteiger partial charge in [0.05, 0.1) is 18.3 Å². The van der Waals surface area contributed by atoms with Gasteiger partial charge in [-0.1, -0.05) is 13.8 Å². The average molecular weight is 264 g/mol. The van der Waals surface area contributed by atoms with Gasteiger partial charge in [0.25, 0.3) is 5.92 Å². The van der Waals surface area contributed by atoms with Gasteiger partial charge in [-0.25, -0.2) is 8.78 Å². The molecule has 4 heteroatoms. The Balaban J connectivity index is 2.12. The molecule has 2 nitrogen and oxygen atoms in total. The summed E-state index contributed by atoms with van der Waals surface area (Å²) in [6.45, 7) is 7.51. The van der Waals surface area contributed by atoms with Crippen molar-refractivity contribution in [2.24, 2.45) is 5.92 Å². The molecule has 0 aliphatic heterocycles. The second-order valence-electron chi connectivity index (χ2n) is 5.73. The van der Waals surface area contributed by atoms with E-state index in [1.54, 1.807) is 13.8 Å². The zero-order chi connectivity index (χ0) is 13.8. The average Bonchev–Trinajstić information content (AvgIpc) is 2.23. The van der Waals surface area contributed by atoms with Crippen molar-refractivity contribution in [1.82, 2.24) is 0 Å². The Kier molecular flexibility index (Phi) is 5.99. The summed E-state index contributed by atoms with van der Waals surface area (Å²) in [5.74, 6) is -3.17. The monoisotopic (exact) mass is 264 g/mol. The van der Waals surface area contributed by atoms with E-state index in [2.05, 4.69) is 0 Å². The van der Waals surface area contributed by atoms with E-state index < -0.39 is 11.8 Å². The predicted octanol–water partition coefficient (Wildman–Crippen LogP) is 4.03. The lowest BCUT2D eigenvalue weighted by molar-refractivity contribution is -0.147. The maximum atomic E-state index is 13.3. The summed E-state index contributed by atoms with van der Waals surface area (Å²) in [7, 11) is 0. The molecule has 0 spiro atoms. The lowest BCUT2D eigenvalue weighted by Crippen LogP contribution is -2.42. The van der Waals surface area contributed by atoms with Crippen LogP contribution in [0.3, 0.4) is 0 Å². The standard InChI is InChI=1S/C14H26F2O2/c1-10(2)14(15,16)8-5-9-17-12-6-7-13(12)18-11(3)4/h10-13H,5-9H2,1-4H3. The fraction of sp³-hybridized carbons (Fsp3) is 1.00. The van der Waals surface area contributed by atoms with Gasteiger partial charge in [-0.05, 0) is 33.1 Å². The van der Waals surface area contributed by atoms with Gasteiger partial charge in [0.15, 0.2) is 0 Å². The zero-order valence-electron chi connectivity index (χ0n) is 11.9. The molecule has 1 fully saturated rings. The summed E-state index contributed by atoms with van der Waals surface area (Å²) in [6, 6.07) is 0. The topological polar surface area (TPSA) is 18.5 Å². The molecule has 108 valence electrons. The fourth-order valence-electron chi connectivity index (χ4n) is 1.97. The summed E-state index contributed by atoms with van der Waals surface area (Å²) in [4.78, 5) is 0. The van der Waals surface area contributed by atoms with Crippen molar-refractivity contribution < 1.29 is 18.3 Å². The summed E-state index contributed by atoms with van der Waals surface area (Å²) in [6.07, 6.45) is 2.80. The molecule has 1 aliphatic rings. The van der Waals surface area contributed by atoms with Gasteiger partial charge < -0.3 is 9.47 Å². The molecule has 2 atom stereocenters. The Morgan fingerprint density at radius 3 is 2.17 bits per heavy atom. The number of alkyl halides is 2. The maximum absolute atomic E-state index is 13.3. The molecule has 1 aliphatic carbocycles. The van der Waals surface area contributed by atoms with Crippen LogP contribution in [0.2, 0.25) is 0 Å². The van der Waals surface area contributed by atoms with Crippen molar-refractivity contribution in [2.75, 3.05) is 6.61 Å². The van der Waals surface area contributed by atoms with E-state index >= 15 is 0 Å². The molecule has 2 unspecified atom stereocenters. The predicted molar refractivity (Wildman–Crippen MR) is 68.0 cm³/mol. The quantitative estimate of drug-likeness (QED) is 0.616. The van der Waals surface area contributed by atoms with Crippen LogP contribution in [0, 0.1) is 5.92 Å². The first-order valence-electron chi connectivity index (χ1n) is 6.98. The van der Waals surface area contributed by atoms with Crippen LogP contribution >= 0.6 is 0 Å². The van der Waals surface area contributed by atoms with Crippen LogP contribution < -0.4 is 0 Å². The van der Waals surface area contributed by atoms with Gasteiger partial charge in [-0.3, -0.25) is 0 Å². The van der Waals surface area contributed by atoms with E-state index in [1.807, 2.05) is 13.8 Å². The highest BCUT2D eigenvalue weighted by Gasteiger charge is 2.34. The smallest absolute Gasteiger partial charge is 0.250 e. The number of halogens is 2. The lowest BCUT2D eigenvalue weighted by atomic mass is 9.91. The van der Waals surface area contributed by atoms with Crippen LogP contribution in [0.15, 0.2) is 0 Å². The van der Waals surface area contributed by atoms with Crippen LogP contribution in [0.5, 0.6) is 0 Å². The van der Waals surface area contributed by atoms with E-state index in [4.69, 9.17) is 9.47 Å².